The first-order valence-corrected chi connectivity index (χ1v) is 7.20. The number of nitrogens with two attached hydrogens (primary N) is 1. The van der Waals surface area contributed by atoms with E-state index in [0.29, 0.717) is 17.1 Å². The van der Waals surface area contributed by atoms with Crippen LogP contribution in [0.2, 0.25) is 0 Å². The Balaban J connectivity index is 1.82. The summed E-state index contributed by atoms with van der Waals surface area (Å²) in [7, 11) is 0. The van der Waals surface area contributed by atoms with E-state index in [0.717, 1.165) is 25.7 Å². The van der Waals surface area contributed by atoms with Crippen molar-refractivity contribution in [2.75, 3.05) is 5.32 Å². The van der Waals surface area contributed by atoms with E-state index < -0.39 is 4.92 Å². The van der Waals surface area contributed by atoms with Crippen LogP contribution in [0.5, 0.6) is 0 Å². The van der Waals surface area contributed by atoms with Gasteiger partial charge in [-0.2, -0.15) is 4.98 Å². The second-order valence-corrected chi connectivity index (χ2v) is 5.48. The molecule has 7 heteroatoms. The highest BCUT2D eigenvalue weighted by molar-refractivity contribution is 5.77. The van der Waals surface area contributed by atoms with Crippen molar-refractivity contribution in [3.8, 4) is 0 Å². The number of hydrogen-bond donors (Lipinski definition) is 2. The van der Waals surface area contributed by atoms with Gasteiger partial charge in [0.25, 0.3) is 11.7 Å². The van der Waals surface area contributed by atoms with E-state index in [1.165, 1.54) is 18.6 Å². The lowest BCUT2D eigenvalue weighted by atomic mass is 10.0. The second kappa shape index (κ2) is 5.69. The Labute approximate surface area is 121 Å². The van der Waals surface area contributed by atoms with E-state index in [9.17, 15) is 10.1 Å². The maximum atomic E-state index is 10.8. The van der Waals surface area contributed by atoms with Crippen LogP contribution in [0, 0.1) is 10.1 Å². The fraction of sp³-hybridized carbons (Fsp3) is 0.500. The van der Waals surface area contributed by atoms with Crippen LogP contribution in [0.4, 0.5) is 11.7 Å². The van der Waals surface area contributed by atoms with Gasteiger partial charge in [-0.25, -0.2) is 0 Å². The summed E-state index contributed by atoms with van der Waals surface area (Å²) in [5, 5.41) is 14.0. The highest BCUT2D eigenvalue weighted by atomic mass is 16.6. The molecule has 3 N–H and O–H groups in total. The number of fused-ring (bicyclic) bond motifs is 1. The molecule has 1 heterocycles. The van der Waals surface area contributed by atoms with Crippen molar-refractivity contribution in [3.63, 3.8) is 0 Å². The summed E-state index contributed by atoms with van der Waals surface area (Å²) in [6, 6.07) is 5.00. The molecule has 0 aliphatic heterocycles. The van der Waals surface area contributed by atoms with Gasteiger partial charge in [-0.15, -0.1) is 0 Å². The van der Waals surface area contributed by atoms with Gasteiger partial charge in [-0.1, -0.05) is 19.3 Å². The van der Waals surface area contributed by atoms with Crippen molar-refractivity contribution in [3.05, 3.63) is 28.3 Å². The standard InChI is InChI=1S/C14H18N4O3/c15-10-4-2-1-3-5-11(10)16-14-17-12-7-6-9(18(19)20)8-13(12)21-14/h6-8,10-11H,1-5,15H2,(H,16,17). The number of anilines is 1. The number of benzene rings is 1. The molecule has 21 heavy (non-hydrogen) atoms. The van der Waals surface area contributed by atoms with E-state index in [-0.39, 0.29) is 17.8 Å². The number of nitro groups is 1. The number of nitrogens with zero attached hydrogens (tertiary/aromatic N) is 2. The molecule has 0 radical (unpaired) electrons. The van der Waals surface area contributed by atoms with Gasteiger partial charge in [-0.05, 0) is 18.9 Å². The summed E-state index contributed by atoms with van der Waals surface area (Å²) in [5.41, 5.74) is 7.17. The highest BCUT2D eigenvalue weighted by Gasteiger charge is 2.22. The number of aromatic nitrogens is 1. The number of hydrogen-bond acceptors (Lipinski definition) is 6. The molecule has 0 bridgehead atoms. The Morgan fingerprint density at radius 3 is 2.95 bits per heavy atom. The molecular formula is C14H18N4O3. The van der Waals surface area contributed by atoms with Crippen LogP contribution in [-0.4, -0.2) is 22.0 Å². The van der Waals surface area contributed by atoms with Crippen molar-refractivity contribution >= 4 is 22.8 Å². The van der Waals surface area contributed by atoms with Gasteiger partial charge < -0.3 is 15.5 Å². The van der Waals surface area contributed by atoms with Crippen molar-refractivity contribution in [1.82, 2.24) is 4.98 Å². The van der Waals surface area contributed by atoms with Crippen LogP contribution in [0.25, 0.3) is 11.1 Å². The zero-order valence-electron chi connectivity index (χ0n) is 11.6. The lowest BCUT2D eigenvalue weighted by Crippen LogP contribution is -2.39. The number of rotatable bonds is 3. The van der Waals surface area contributed by atoms with Crippen molar-refractivity contribution in [1.29, 1.82) is 0 Å². The number of non-ortho nitro benzene ring substituents is 1. The quantitative estimate of drug-likeness (QED) is 0.511. The van der Waals surface area contributed by atoms with Crippen LogP contribution < -0.4 is 11.1 Å². The topological polar surface area (TPSA) is 107 Å². The van der Waals surface area contributed by atoms with E-state index in [4.69, 9.17) is 10.2 Å². The minimum atomic E-state index is -0.448. The van der Waals surface area contributed by atoms with Gasteiger partial charge in [0.1, 0.15) is 5.52 Å². The molecule has 7 nitrogen and oxygen atoms in total. The average Bonchev–Trinajstić information content (AvgIpc) is 2.75. The Morgan fingerprint density at radius 2 is 2.14 bits per heavy atom. The Morgan fingerprint density at radius 1 is 1.33 bits per heavy atom. The molecule has 1 aliphatic rings. The summed E-state index contributed by atoms with van der Waals surface area (Å²) in [4.78, 5) is 14.6. The molecule has 0 saturated heterocycles. The monoisotopic (exact) mass is 290 g/mol. The molecule has 1 aliphatic carbocycles. The lowest BCUT2D eigenvalue weighted by Gasteiger charge is -2.21. The van der Waals surface area contributed by atoms with E-state index in [1.807, 2.05) is 0 Å². The molecule has 2 unspecified atom stereocenters. The molecule has 1 saturated carbocycles. The summed E-state index contributed by atoms with van der Waals surface area (Å²) in [6.45, 7) is 0. The molecule has 0 spiro atoms. The first kappa shape index (κ1) is 13.8. The van der Waals surface area contributed by atoms with E-state index >= 15 is 0 Å². The maximum Gasteiger partial charge on any atom is 0.295 e. The molecule has 2 atom stereocenters. The van der Waals surface area contributed by atoms with Gasteiger partial charge >= 0.3 is 0 Å². The summed E-state index contributed by atoms with van der Waals surface area (Å²) in [6.07, 6.45) is 5.46. The third-order valence-corrected chi connectivity index (χ3v) is 3.96. The molecule has 2 aromatic rings. The van der Waals surface area contributed by atoms with Crippen LogP contribution in [0.3, 0.4) is 0 Å². The summed E-state index contributed by atoms with van der Waals surface area (Å²) < 4.78 is 5.57. The van der Waals surface area contributed by atoms with E-state index in [2.05, 4.69) is 10.3 Å². The summed E-state index contributed by atoms with van der Waals surface area (Å²) >= 11 is 0. The van der Waals surface area contributed by atoms with E-state index in [1.54, 1.807) is 6.07 Å². The largest absolute Gasteiger partial charge is 0.423 e. The normalized spacial score (nSPS) is 22.9. The molecule has 0 amide bonds. The first-order valence-electron chi connectivity index (χ1n) is 7.20. The smallest absolute Gasteiger partial charge is 0.295 e. The molecule has 112 valence electrons. The highest BCUT2D eigenvalue weighted by Crippen LogP contribution is 2.26. The summed E-state index contributed by atoms with van der Waals surface area (Å²) in [5.74, 6) is 0. The fourth-order valence-corrected chi connectivity index (χ4v) is 2.76. The van der Waals surface area contributed by atoms with Gasteiger partial charge in [0.15, 0.2) is 5.58 Å². The first-order chi connectivity index (χ1) is 10.1. The van der Waals surface area contributed by atoms with Gasteiger partial charge in [0.05, 0.1) is 11.0 Å². The number of nitro benzene ring substituents is 1. The second-order valence-electron chi connectivity index (χ2n) is 5.48. The molecule has 1 aromatic heterocycles. The fourth-order valence-electron chi connectivity index (χ4n) is 2.76. The average molecular weight is 290 g/mol. The van der Waals surface area contributed by atoms with Gasteiger partial charge in [0, 0.05) is 18.2 Å². The Hall–Kier alpha value is -2.15. The third kappa shape index (κ3) is 2.97. The predicted octanol–water partition coefficient (Wildman–Crippen LogP) is 2.81. The van der Waals surface area contributed by atoms with Gasteiger partial charge in [0.2, 0.25) is 0 Å². The maximum absolute atomic E-state index is 10.8. The zero-order chi connectivity index (χ0) is 14.8. The van der Waals surface area contributed by atoms with Crippen LogP contribution in [-0.2, 0) is 0 Å². The third-order valence-electron chi connectivity index (χ3n) is 3.96. The van der Waals surface area contributed by atoms with Crippen molar-refractivity contribution in [2.24, 2.45) is 5.73 Å². The molecule has 1 aromatic carbocycles. The minimum Gasteiger partial charge on any atom is -0.423 e. The van der Waals surface area contributed by atoms with Crippen molar-refractivity contribution in [2.45, 2.75) is 44.2 Å². The minimum absolute atomic E-state index is 0.00336. The predicted molar refractivity (Wildman–Crippen MR) is 79.1 cm³/mol. The number of oxazole rings is 1. The van der Waals surface area contributed by atoms with Crippen LogP contribution >= 0.6 is 0 Å². The van der Waals surface area contributed by atoms with Crippen LogP contribution in [0.1, 0.15) is 32.1 Å². The molecule has 3 rings (SSSR count). The van der Waals surface area contributed by atoms with Crippen molar-refractivity contribution < 1.29 is 9.34 Å². The zero-order valence-corrected chi connectivity index (χ0v) is 11.6. The molecule has 1 fully saturated rings. The Bertz CT molecular complexity index is 655. The molecular weight excluding hydrogens is 272 g/mol. The van der Waals surface area contributed by atoms with Crippen LogP contribution in [0.15, 0.2) is 22.6 Å². The SMILES string of the molecule is NC1CCCCCC1Nc1nc2ccc([N+](=O)[O-])cc2o1. The lowest BCUT2D eigenvalue weighted by molar-refractivity contribution is -0.384. The Kier molecular flexibility index (Phi) is 3.74. The number of nitrogens with one attached hydrogen (secondary N) is 1. The van der Waals surface area contributed by atoms with Gasteiger partial charge in [-0.3, -0.25) is 10.1 Å².